The van der Waals surface area contributed by atoms with Gasteiger partial charge < -0.3 is 5.32 Å². The summed E-state index contributed by atoms with van der Waals surface area (Å²) in [5.41, 5.74) is 1.41. The van der Waals surface area contributed by atoms with Crippen LogP contribution in [0.1, 0.15) is 24.3 Å². The minimum atomic E-state index is 0.0148. The Morgan fingerprint density at radius 3 is 3.13 bits per heavy atom. The van der Waals surface area contributed by atoms with Gasteiger partial charge in [-0.3, -0.25) is 9.69 Å². The van der Waals surface area contributed by atoms with E-state index in [2.05, 4.69) is 23.2 Å². The van der Waals surface area contributed by atoms with E-state index in [1.54, 1.807) is 18.3 Å². The van der Waals surface area contributed by atoms with Gasteiger partial charge in [-0.15, -0.1) is 11.3 Å². The number of carbonyl (C=O) groups is 1. The first-order valence-corrected chi connectivity index (χ1v) is 6.12. The predicted molar refractivity (Wildman–Crippen MR) is 63.3 cm³/mol. The minimum Gasteiger partial charge on any atom is -0.318 e. The Labute approximate surface area is 94.1 Å². The lowest BCUT2D eigenvalue weighted by atomic mass is 10.1. The van der Waals surface area contributed by atoms with E-state index >= 15 is 0 Å². The van der Waals surface area contributed by atoms with E-state index in [0.29, 0.717) is 0 Å². The maximum absolute atomic E-state index is 10.9. The molecule has 2 rings (SSSR count). The van der Waals surface area contributed by atoms with Crippen molar-refractivity contribution < 1.29 is 4.79 Å². The van der Waals surface area contributed by atoms with E-state index in [1.807, 2.05) is 0 Å². The first-order valence-electron chi connectivity index (χ1n) is 5.30. The average molecular weight is 224 g/mol. The van der Waals surface area contributed by atoms with E-state index < -0.39 is 0 Å². The first kappa shape index (κ1) is 10.6. The lowest BCUT2D eigenvalue weighted by Crippen LogP contribution is -2.28. The molecule has 0 bridgehead atoms. The molecule has 0 saturated heterocycles. The maximum atomic E-state index is 10.9. The second-order valence-electron chi connectivity index (χ2n) is 3.86. The summed E-state index contributed by atoms with van der Waals surface area (Å²) in [6.07, 6.45) is 1.11. The predicted octanol–water partition coefficient (Wildman–Crippen LogP) is 2.08. The molecule has 1 aliphatic heterocycles. The van der Waals surface area contributed by atoms with Crippen molar-refractivity contribution in [2.75, 3.05) is 18.4 Å². The molecule has 1 aliphatic rings. The fourth-order valence-corrected chi connectivity index (χ4v) is 3.08. The monoisotopic (exact) mass is 224 g/mol. The van der Waals surface area contributed by atoms with Crippen molar-refractivity contribution in [2.45, 2.75) is 26.8 Å². The van der Waals surface area contributed by atoms with Crippen LogP contribution in [0.4, 0.5) is 5.00 Å². The second-order valence-corrected chi connectivity index (χ2v) is 5.00. The van der Waals surface area contributed by atoms with Gasteiger partial charge in [-0.1, -0.05) is 6.92 Å². The van der Waals surface area contributed by atoms with Crippen molar-refractivity contribution in [3.05, 3.63) is 16.5 Å². The Morgan fingerprint density at radius 1 is 1.67 bits per heavy atom. The van der Waals surface area contributed by atoms with Gasteiger partial charge in [0.05, 0.1) is 5.00 Å². The highest BCUT2D eigenvalue weighted by Gasteiger charge is 2.18. The number of carbonyl (C=O) groups excluding carboxylic acids is 1. The number of anilines is 1. The Kier molecular flexibility index (Phi) is 3.07. The molecule has 0 aromatic carbocycles. The summed E-state index contributed by atoms with van der Waals surface area (Å²) >= 11 is 1.71. The Morgan fingerprint density at radius 2 is 2.47 bits per heavy atom. The van der Waals surface area contributed by atoms with Crippen LogP contribution in [0.5, 0.6) is 0 Å². The van der Waals surface area contributed by atoms with Crippen LogP contribution in [0.25, 0.3) is 0 Å². The number of thiophene rings is 1. The van der Waals surface area contributed by atoms with Gasteiger partial charge in [-0.25, -0.2) is 0 Å². The summed E-state index contributed by atoms with van der Waals surface area (Å²) in [7, 11) is 0. The fourth-order valence-electron chi connectivity index (χ4n) is 1.88. The SMILES string of the molecule is CCN1CCc2cc(NC(C)=O)sc2C1. The summed E-state index contributed by atoms with van der Waals surface area (Å²) in [5, 5.41) is 3.85. The molecule has 15 heavy (non-hydrogen) atoms. The van der Waals surface area contributed by atoms with Crippen molar-refractivity contribution in [1.29, 1.82) is 0 Å². The molecule has 1 N–H and O–H groups in total. The Hall–Kier alpha value is -0.870. The van der Waals surface area contributed by atoms with Crippen LogP contribution in [0, 0.1) is 0 Å². The van der Waals surface area contributed by atoms with Crippen molar-refractivity contribution in [3.8, 4) is 0 Å². The van der Waals surface area contributed by atoms with Gasteiger partial charge in [-0.05, 0) is 24.6 Å². The molecule has 1 aromatic rings. The summed E-state index contributed by atoms with van der Waals surface area (Å²) in [6.45, 7) is 7.02. The Balaban J connectivity index is 2.14. The normalized spacial score (nSPS) is 16.1. The number of nitrogens with one attached hydrogen (secondary N) is 1. The van der Waals surface area contributed by atoms with Crippen LogP contribution >= 0.6 is 11.3 Å². The van der Waals surface area contributed by atoms with Crippen molar-refractivity contribution in [3.63, 3.8) is 0 Å². The third kappa shape index (κ3) is 2.38. The van der Waals surface area contributed by atoms with Crippen LogP contribution in [-0.2, 0) is 17.8 Å². The van der Waals surface area contributed by atoms with Crippen molar-refractivity contribution >= 4 is 22.2 Å². The maximum Gasteiger partial charge on any atom is 0.221 e. The topological polar surface area (TPSA) is 32.3 Å². The fraction of sp³-hybridized carbons (Fsp3) is 0.545. The van der Waals surface area contributed by atoms with Gasteiger partial charge in [0.1, 0.15) is 0 Å². The lowest BCUT2D eigenvalue weighted by Gasteiger charge is -2.24. The molecule has 1 amide bonds. The van der Waals surface area contributed by atoms with Gasteiger partial charge >= 0.3 is 0 Å². The molecule has 82 valence electrons. The summed E-state index contributed by atoms with van der Waals surface area (Å²) in [4.78, 5) is 14.8. The summed E-state index contributed by atoms with van der Waals surface area (Å²) < 4.78 is 0. The van der Waals surface area contributed by atoms with Crippen LogP contribution in [0.2, 0.25) is 0 Å². The van der Waals surface area contributed by atoms with E-state index in [4.69, 9.17) is 0 Å². The van der Waals surface area contributed by atoms with E-state index in [0.717, 1.165) is 31.1 Å². The van der Waals surface area contributed by atoms with Gasteiger partial charge in [-0.2, -0.15) is 0 Å². The van der Waals surface area contributed by atoms with Crippen molar-refractivity contribution in [1.82, 2.24) is 4.90 Å². The van der Waals surface area contributed by atoms with E-state index in [9.17, 15) is 4.79 Å². The van der Waals surface area contributed by atoms with Gasteiger partial charge in [0, 0.05) is 24.9 Å². The average Bonchev–Trinajstić information content (AvgIpc) is 2.57. The number of rotatable bonds is 2. The number of hydrogen-bond donors (Lipinski definition) is 1. The van der Waals surface area contributed by atoms with Crippen LogP contribution in [-0.4, -0.2) is 23.9 Å². The third-order valence-corrected chi connectivity index (χ3v) is 3.79. The summed E-state index contributed by atoms with van der Waals surface area (Å²) in [6, 6.07) is 2.12. The zero-order chi connectivity index (χ0) is 10.8. The zero-order valence-electron chi connectivity index (χ0n) is 9.17. The number of hydrogen-bond acceptors (Lipinski definition) is 3. The van der Waals surface area contributed by atoms with Crippen molar-refractivity contribution in [2.24, 2.45) is 0 Å². The number of fused-ring (bicyclic) bond motifs is 1. The van der Waals surface area contributed by atoms with E-state index in [1.165, 1.54) is 10.4 Å². The van der Waals surface area contributed by atoms with Gasteiger partial charge in [0.15, 0.2) is 0 Å². The largest absolute Gasteiger partial charge is 0.318 e. The highest BCUT2D eigenvalue weighted by atomic mass is 32.1. The number of nitrogens with zero attached hydrogens (tertiary/aromatic N) is 1. The minimum absolute atomic E-state index is 0.0148. The van der Waals surface area contributed by atoms with Gasteiger partial charge in [0.25, 0.3) is 0 Å². The second kappa shape index (κ2) is 4.33. The highest BCUT2D eigenvalue weighted by molar-refractivity contribution is 7.16. The molecule has 0 fully saturated rings. The zero-order valence-corrected chi connectivity index (χ0v) is 9.99. The third-order valence-electron chi connectivity index (χ3n) is 2.71. The molecular formula is C11H16N2OS. The molecule has 1 aromatic heterocycles. The van der Waals surface area contributed by atoms with E-state index in [-0.39, 0.29) is 5.91 Å². The molecular weight excluding hydrogens is 208 g/mol. The highest BCUT2D eigenvalue weighted by Crippen LogP contribution is 2.31. The molecule has 0 atom stereocenters. The Bertz CT molecular complexity index is 373. The standard InChI is InChI=1S/C11H16N2OS/c1-3-13-5-4-9-6-11(12-8(2)14)15-10(9)7-13/h6H,3-5,7H2,1-2H3,(H,12,14). The molecule has 2 heterocycles. The van der Waals surface area contributed by atoms with Crippen LogP contribution in [0.3, 0.4) is 0 Å². The lowest BCUT2D eigenvalue weighted by molar-refractivity contribution is -0.114. The molecule has 4 heteroatoms. The smallest absolute Gasteiger partial charge is 0.221 e. The molecule has 3 nitrogen and oxygen atoms in total. The summed E-state index contributed by atoms with van der Waals surface area (Å²) in [5.74, 6) is 0.0148. The molecule has 0 aliphatic carbocycles. The van der Waals surface area contributed by atoms with Crippen LogP contribution < -0.4 is 5.32 Å². The van der Waals surface area contributed by atoms with Gasteiger partial charge in [0.2, 0.25) is 5.91 Å². The quantitative estimate of drug-likeness (QED) is 0.834. The number of likely N-dealkylation sites (N-methyl/N-ethyl adjacent to an activating group) is 1. The molecule has 0 saturated carbocycles. The van der Waals surface area contributed by atoms with Crippen LogP contribution in [0.15, 0.2) is 6.07 Å². The first-order chi connectivity index (χ1) is 7.19. The number of amides is 1. The molecule has 0 unspecified atom stereocenters. The molecule has 0 spiro atoms. The molecule has 0 radical (unpaired) electrons.